The van der Waals surface area contributed by atoms with E-state index >= 15 is 0 Å². The monoisotopic (exact) mass is 564 g/mol. The number of nitrogens with two attached hydrogens (primary N) is 2. The molecule has 0 saturated carbocycles. The third-order valence-corrected chi connectivity index (χ3v) is 8.66. The number of anilines is 1. The Morgan fingerprint density at radius 3 is 2.54 bits per heavy atom. The minimum Gasteiger partial charge on any atom is -0.364 e. The van der Waals surface area contributed by atoms with Crippen molar-refractivity contribution in [2.75, 3.05) is 17.6 Å². The molecule has 0 saturated heterocycles. The number of primary amides is 1. The summed E-state index contributed by atoms with van der Waals surface area (Å²) in [4.78, 5) is 29.3. The summed E-state index contributed by atoms with van der Waals surface area (Å²) >= 11 is 6.08. The van der Waals surface area contributed by atoms with Gasteiger partial charge >= 0.3 is 0 Å². The first-order valence-corrected chi connectivity index (χ1v) is 14.2. The maximum atomic E-state index is 12.8. The summed E-state index contributed by atoms with van der Waals surface area (Å²) in [5.41, 5.74) is 15.7. The highest BCUT2D eigenvalue weighted by atomic mass is 35.5. The van der Waals surface area contributed by atoms with Crippen LogP contribution in [0, 0.1) is 0 Å². The number of amides is 2. The van der Waals surface area contributed by atoms with Crippen LogP contribution >= 0.6 is 11.6 Å². The Labute approximate surface area is 229 Å². The van der Waals surface area contributed by atoms with Crippen LogP contribution < -0.4 is 16.8 Å². The molecule has 4 aromatic rings. The first-order valence-electron chi connectivity index (χ1n) is 12.2. The molecule has 1 aliphatic carbocycles. The van der Waals surface area contributed by atoms with Crippen molar-refractivity contribution in [3.05, 3.63) is 88.3 Å². The minimum absolute atomic E-state index is 0.0437. The molecule has 2 aromatic heterocycles. The molecule has 2 heterocycles. The summed E-state index contributed by atoms with van der Waals surface area (Å²) in [5.74, 6) is -1.12. The number of halogens is 1. The smallest absolute Gasteiger partial charge is 0.269 e. The van der Waals surface area contributed by atoms with E-state index in [0.717, 1.165) is 11.1 Å². The van der Waals surface area contributed by atoms with Gasteiger partial charge in [-0.2, -0.15) is 5.10 Å². The molecule has 0 unspecified atom stereocenters. The molecule has 200 valence electrons. The second-order valence-electron chi connectivity index (χ2n) is 9.07. The third-order valence-electron chi connectivity index (χ3n) is 6.55. The average Bonchev–Trinajstić information content (AvgIpc) is 3.33. The molecule has 1 aliphatic rings. The Balaban J connectivity index is 1.56. The fraction of sp³-hybridized carbons (Fsp3) is 0.185. The summed E-state index contributed by atoms with van der Waals surface area (Å²) in [6.07, 6.45) is 3.05. The fourth-order valence-corrected chi connectivity index (χ4v) is 6.18. The fourth-order valence-electron chi connectivity index (χ4n) is 4.64. The Kier molecular flexibility index (Phi) is 7.21. The van der Waals surface area contributed by atoms with E-state index < -0.39 is 21.7 Å². The molecule has 0 bridgehead atoms. The molecular formula is C27H25ClN6O4S. The van der Waals surface area contributed by atoms with Crippen LogP contribution in [0.5, 0.6) is 0 Å². The van der Waals surface area contributed by atoms with Gasteiger partial charge < -0.3 is 16.8 Å². The summed E-state index contributed by atoms with van der Waals surface area (Å²) in [6, 6.07) is 15.0. The lowest BCUT2D eigenvalue weighted by molar-refractivity contribution is 0.0992. The number of aromatic nitrogens is 3. The van der Waals surface area contributed by atoms with Gasteiger partial charge in [-0.15, -0.1) is 0 Å². The maximum absolute atomic E-state index is 12.8. The highest BCUT2D eigenvalue weighted by Crippen LogP contribution is 2.38. The molecule has 0 fully saturated rings. The minimum atomic E-state index is -3.48. The van der Waals surface area contributed by atoms with Crippen LogP contribution in [-0.2, 0) is 22.7 Å². The molecule has 0 aliphatic heterocycles. The molecule has 0 spiro atoms. The number of fused-ring (bicyclic) bond motifs is 3. The van der Waals surface area contributed by atoms with E-state index in [2.05, 4.69) is 15.4 Å². The topological polar surface area (TPSA) is 163 Å². The molecule has 5 N–H and O–H groups in total. The highest BCUT2D eigenvalue weighted by molar-refractivity contribution is 7.91. The van der Waals surface area contributed by atoms with Crippen molar-refractivity contribution < 1.29 is 18.0 Å². The number of sulfone groups is 1. The van der Waals surface area contributed by atoms with Gasteiger partial charge in [-0.3, -0.25) is 9.59 Å². The third kappa shape index (κ3) is 5.16. The van der Waals surface area contributed by atoms with Crippen LogP contribution in [0.15, 0.2) is 65.7 Å². The standard InChI is InChI=1S/C27H25ClN6O4S/c28-25-21(3-1-13-31-25)27(36)32-17-6-4-16-5-11-20-23(26(30)35)33-34(24(20)22(16)15-17)18-7-9-19(10-8-18)39(37,38)14-2-12-29/h1,3-4,6-10,13,15H,2,5,11-12,14,29H2,(H2,30,35)(H,32,36). The Morgan fingerprint density at radius 2 is 1.85 bits per heavy atom. The normalized spacial score (nSPS) is 12.5. The van der Waals surface area contributed by atoms with Gasteiger partial charge in [0.2, 0.25) is 0 Å². The second kappa shape index (κ2) is 10.6. The molecule has 0 radical (unpaired) electrons. The zero-order valence-electron chi connectivity index (χ0n) is 20.7. The molecule has 10 nitrogen and oxygen atoms in total. The number of carbonyl (C=O) groups excluding carboxylic acids is 2. The van der Waals surface area contributed by atoms with E-state index in [-0.39, 0.29) is 33.6 Å². The van der Waals surface area contributed by atoms with Crippen molar-refractivity contribution in [1.82, 2.24) is 14.8 Å². The summed E-state index contributed by atoms with van der Waals surface area (Å²) in [5, 5.41) is 7.45. The Hall–Kier alpha value is -4.06. The number of rotatable bonds is 8. The summed E-state index contributed by atoms with van der Waals surface area (Å²) in [7, 11) is -3.48. The van der Waals surface area contributed by atoms with E-state index in [1.807, 2.05) is 12.1 Å². The SMILES string of the molecule is NCCCS(=O)(=O)c1ccc(-n2nc(C(N)=O)c3c2-c2cc(NC(=O)c4cccnc4Cl)ccc2CC3)cc1. The summed E-state index contributed by atoms with van der Waals surface area (Å²) < 4.78 is 26.8. The number of pyridine rings is 1. The molecule has 5 rings (SSSR count). The zero-order valence-corrected chi connectivity index (χ0v) is 22.3. The first kappa shape index (κ1) is 26.5. The molecule has 2 amide bonds. The molecule has 2 aromatic carbocycles. The highest BCUT2D eigenvalue weighted by Gasteiger charge is 2.29. The van der Waals surface area contributed by atoms with Gasteiger partial charge in [-0.1, -0.05) is 17.7 Å². The number of nitrogens with one attached hydrogen (secondary N) is 1. The van der Waals surface area contributed by atoms with Crippen molar-refractivity contribution in [2.24, 2.45) is 11.5 Å². The van der Waals surface area contributed by atoms with Crippen LogP contribution in [-0.4, -0.2) is 47.3 Å². The van der Waals surface area contributed by atoms with Gasteiger partial charge in [0.25, 0.3) is 11.8 Å². The van der Waals surface area contributed by atoms with Gasteiger partial charge in [-0.25, -0.2) is 18.1 Å². The van der Waals surface area contributed by atoms with Gasteiger partial charge in [0, 0.05) is 23.0 Å². The predicted octanol–water partition coefficient (Wildman–Crippen LogP) is 3.16. The van der Waals surface area contributed by atoms with E-state index in [1.165, 1.54) is 18.3 Å². The van der Waals surface area contributed by atoms with Crippen LogP contribution in [0.25, 0.3) is 16.9 Å². The van der Waals surface area contributed by atoms with Crippen LogP contribution in [0.1, 0.15) is 38.4 Å². The summed E-state index contributed by atoms with van der Waals surface area (Å²) in [6.45, 7) is 0.282. The van der Waals surface area contributed by atoms with Crippen LogP contribution in [0.3, 0.4) is 0 Å². The van der Waals surface area contributed by atoms with Gasteiger partial charge in [-0.05, 0) is 79.9 Å². The predicted molar refractivity (Wildman–Crippen MR) is 148 cm³/mol. The van der Waals surface area contributed by atoms with Crippen molar-refractivity contribution in [1.29, 1.82) is 0 Å². The van der Waals surface area contributed by atoms with E-state index in [9.17, 15) is 18.0 Å². The Morgan fingerprint density at radius 1 is 1.08 bits per heavy atom. The van der Waals surface area contributed by atoms with Gasteiger partial charge in [0.05, 0.1) is 27.6 Å². The van der Waals surface area contributed by atoms with Gasteiger partial charge in [0.15, 0.2) is 15.5 Å². The molecule has 39 heavy (non-hydrogen) atoms. The lowest BCUT2D eigenvalue weighted by Gasteiger charge is -2.20. The number of hydrogen-bond acceptors (Lipinski definition) is 7. The molecular weight excluding hydrogens is 540 g/mol. The second-order valence-corrected chi connectivity index (χ2v) is 11.5. The van der Waals surface area contributed by atoms with Gasteiger partial charge in [0.1, 0.15) is 5.15 Å². The number of nitrogens with zero attached hydrogens (tertiary/aromatic N) is 3. The quantitative estimate of drug-likeness (QED) is 0.277. The van der Waals surface area contributed by atoms with E-state index in [1.54, 1.807) is 35.0 Å². The number of carbonyl (C=O) groups is 2. The lowest BCUT2D eigenvalue weighted by atomic mass is 9.88. The van der Waals surface area contributed by atoms with Crippen molar-refractivity contribution in [3.8, 4) is 16.9 Å². The number of hydrogen-bond donors (Lipinski definition) is 3. The van der Waals surface area contributed by atoms with E-state index in [4.69, 9.17) is 23.1 Å². The lowest BCUT2D eigenvalue weighted by Crippen LogP contribution is -2.16. The van der Waals surface area contributed by atoms with Crippen LogP contribution in [0.2, 0.25) is 5.15 Å². The van der Waals surface area contributed by atoms with Crippen molar-refractivity contribution in [2.45, 2.75) is 24.2 Å². The number of aryl methyl sites for hydroxylation is 1. The zero-order chi connectivity index (χ0) is 27.7. The van der Waals surface area contributed by atoms with Crippen LogP contribution in [0.4, 0.5) is 5.69 Å². The van der Waals surface area contributed by atoms with Crippen molar-refractivity contribution >= 4 is 38.9 Å². The molecule has 12 heteroatoms. The van der Waals surface area contributed by atoms with Crippen molar-refractivity contribution in [3.63, 3.8) is 0 Å². The largest absolute Gasteiger partial charge is 0.364 e. The first-order chi connectivity index (χ1) is 18.7. The number of benzene rings is 2. The molecule has 0 atom stereocenters. The average molecular weight is 565 g/mol. The van der Waals surface area contributed by atoms with E-state index in [0.29, 0.717) is 41.9 Å². The Bertz CT molecular complexity index is 1700. The maximum Gasteiger partial charge on any atom is 0.269 e.